The van der Waals surface area contributed by atoms with Crippen molar-refractivity contribution in [3.8, 4) is 0 Å². The van der Waals surface area contributed by atoms with E-state index in [9.17, 15) is 13.6 Å². The molecule has 0 spiro atoms. The van der Waals surface area contributed by atoms with Crippen molar-refractivity contribution in [2.24, 2.45) is 0 Å². The SMILES string of the molecule is O=C(CCc1cccc(F)c1)N1CC=C(c2ccc(F)cc2)CC1. The third-order valence-electron chi connectivity index (χ3n) is 4.29. The van der Waals surface area contributed by atoms with E-state index in [4.69, 9.17) is 0 Å². The number of hydrogen-bond donors (Lipinski definition) is 0. The minimum atomic E-state index is -0.273. The summed E-state index contributed by atoms with van der Waals surface area (Å²) in [5.74, 6) is -0.442. The minimum absolute atomic E-state index is 0.0775. The van der Waals surface area contributed by atoms with E-state index in [1.807, 2.05) is 17.0 Å². The van der Waals surface area contributed by atoms with Crippen LogP contribution in [-0.4, -0.2) is 23.9 Å². The van der Waals surface area contributed by atoms with E-state index in [1.54, 1.807) is 18.2 Å². The highest BCUT2D eigenvalue weighted by molar-refractivity contribution is 5.78. The molecule has 1 heterocycles. The lowest BCUT2D eigenvalue weighted by Gasteiger charge is -2.27. The molecule has 3 rings (SSSR count). The predicted molar refractivity (Wildman–Crippen MR) is 90.3 cm³/mol. The van der Waals surface area contributed by atoms with Gasteiger partial charge in [-0.25, -0.2) is 8.78 Å². The second-order valence-corrected chi connectivity index (χ2v) is 5.96. The molecule has 0 bridgehead atoms. The van der Waals surface area contributed by atoms with E-state index in [-0.39, 0.29) is 17.5 Å². The van der Waals surface area contributed by atoms with E-state index in [1.165, 1.54) is 24.3 Å². The fraction of sp³-hybridized carbons (Fsp3) is 0.250. The Kier molecular flexibility index (Phi) is 5.04. The fourth-order valence-electron chi connectivity index (χ4n) is 2.92. The van der Waals surface area contributed by atoms with Crippen molar-refractivity contribution in [2.75, 3.05) is 13.1 Å². The van der Waals surface area contributed by atoms with Gasteiger partial charge in [0.05, 0.1) is 0 Å². The maximum Gasteiger partial charge on any atom is 0.223 e. The second-order valence-electron chi connectivity index (χ2n) is 5.96. The standard InChI is InChI=1S/C20H19F2NO/c21-18-7-5-16(6-8-18)17-10-12-23(13-11-17)20(24)9-4-15-2-1-3-19(22)14-15/h1-3,5-8,10,14H,4,9,11-13H2. The quantitative estimate of drug-likeness (QED) is 0.823. The highest BCUT2D eigenvalue weighted by Gasteiger charge is 2.17. The lowest BCUT2D eigenvalue weighted by atomic mass is 9.99. The maximum absolute atomic E-state index is 13.1. The first-order valence-electron chi connectivity index (χ1n) is 8.09. The van der Waals surface area contributed by atoms with Gasteiger partial charge in [0, 0.05) is 19.5 Å². The molecule has 1 aliphatic rings. The van der Waals surface area contributed by atoms with E-state index in [0.717, 1.165) is 23.1 Å². The summed E-state index contributed by atoms with van der Waals surface area (Å²) in [5.41, 5.74) is 2.98. The molecule has 24 heavy (non-hydrogen) atoms. The molecule has 1 amide bonds. The van der Waals surface area contributed by atoms with Gasteiger partial charge in [0.25, 0.3) is 0 Å². The van der Waals surface area contributed by atoms with Gasteiger partial charge < -0.3 is 4.90 Å². The number of benzene rings is 2. The molecule has 124 valence electrons. The Morgan fingerprint density at radius 3 is 2.50 bits per heavy atom. The predicted octanol–water partition coefficient (Wildman–Crippen LogP) is 4.21. The molecule has 0 saturated carbocycles. The number of carbonyl (C=O) groups is 1. The molecule has 0 aromatic heterocycles. The van der Waals surface area contributed by atoms with Crippen LogP contribution in [0.2, 0.25) is 0 Å². The first-order chi connectivity index (χ1) is 11.6. The van der Waals surface area contributed by atoms with Crippen LogP contribution in [0.1, 0.15) is 24.0 Å². The summed E-state index contributed by atoms with van der Waals surface area (Å²) in [6, 6.07) is 12.8. The zero-order valence-electron chi connectivity index (χ0n) is 13.3. The van der Waals surface area contributed by atoms with Crippen LogP contribution in [0.25, 0.3) is 5.57 Å². The van der Waals surface area contributed by atoms with Crippen molar-refractivity contribution >= 4 is 11.5 Å². The first kappa shape index (κ1) is 16.4. The Hall–Kier alpha value is -2.49. The van der Waals surface area contributed by atoms with E-state index >= 15 is 0 Å². The zero-order valence-corrected chi connectivity index (χ0v) is 13.3. The monoisotopic (exact) mass is 327 g/mol. The van der Waals surface area contributed by atoms with E-state index in [2.05, 4.69) is 0 Å². The molecule has 0 unspecified atom stereocenters. The van der Waals surface area contributed by atoms with E-state index < -0.39 is 0 Å². The molecule has 0 aliphatic carbocycles. The van der Waals surface area contributed by atoms with Crippen LogP contribution in [0, 0.1) is 11.6 Å². The van der Waals surface area contributed by atoms with Gasteiger partial charge in [0.2, 0.25) is 5.91 Å². The molecule has 0 atom stereocenters. The van der Waals surface area contributed by atoms with Gasteiger partial charge in [-0.15, -0.1) is 0 Å². The normalized spacial score (nSPS) is 14.4. The summed E-state index contributed by atoms with van der Waals surface area (Å²) in [6.45, 7) is 1.22. The molecule has 2 aromatic carbocycles. The Labute approximate surface area is 140 Å². The molecule has 0 N–H and O–H groups in total. The second kappa shape index (κ2) is 7.39. The molecular weight excluding hydrogens is 308 g/mol. The summed E-state index contributed by atoms with van der Waals surface area (Å²) in [7, 11) is 0. The lowest BCUT2D eigenvalue weighted by molar-refractivity contribution is -0.130. The molecule has 4 heteroatoms. The van der Waals surface area contributed by atoms with Crippen molar-refractivity contribution in [3.63, 3.8) is 0 Å². The average Bonchev–Trinajstić information content (AvgIpc) is 2.61. The Balaban J connectivity index is 1.55. The van der Waals surface area contributed by atoms with Crippen molar-refractivity contribution < 1.29 is 13.6 Å². The Bertz CT molecular complexity index is 752. The van der Waals surface area contributed by atoms with Crippen molar-refractivity contribution in [1.82, 2.24) is 4.90 Å². The molecule has 2 aromatic rings. The Morgan fingerprint density at radius 1 is 1.04 bits per heavy atom. The van der Waals surface area contributed by atoms with E-state index in [0.29, 0.717) is 25.9 Å². The van der Waals surface area contributed by atoms with Gasteiger partial charge in [0.1, 0.15) is 11.6 Å². The fourth-order valence-corrected chi connectivity index (χ4v) is 2.92. The first-order valence-corrected chi connectivity index (χ1v) is 8.09. The Morgan fingerprint density at radius 2 is 1.83 bits per heavy atom. The smallest absolute Gasteiger partial charge is 0.223 e. The highest BCUT2D eigenvalue weighted by Crippen LogP contribution is 2.23. The molecule has 1 aliphatic heterocycles. The van der Waals surface area contributed by atoms with Gasteiger partial charge >= 0.3 is 0 Å². The van der Waals surface area contributed by atoms with Crippen LogP contribution in [0.4, 0.5) is 8.78 Å². The summed E-state index contributed by atoms with van der Waals surface area (Å²) >= 11 is 0. The van der Waals surface area contributed by atoms with Crippen molar-refractivity contribution in [1.29, 1.82) is 0 Å². The molecule has 0 radical (unpaired) electrons. The number of halogens is 2. The summed E-state index contributed by atoms with van der Waals surface area (Å²) < 4.78 is 26.1. The molecule has 0 saturated heterocycles. The number of carbonyl (C=O) groups excluding carboxylic acids is 1. The number of nitrogens with zero attached hydrogens (tertiary/aromatic N) is 1. The van der Waals surface area contributed by atoms with Crippen LogP contribution in [0.5, 0.6) is 0 Å². The lowest BCUT2D eigenvalue weighted by Crippen LogP contribution is -2.34. The van der Waals surface area contributed by atoms with Crippen LogP contribution in [0.15, 0.2) is 54.6 Å². The number of aryl methyl sites for hydroxylation is 1. The summed E-state index contributed by atoms with van der Waals surface area (Å²) in [4.78, 5) is 14.1. The van der Waals surface area contributed by atoms with Crippen molar-refractivity contribution in [3.05, 3.63) is 77.4 Å². The topological polar surface area (TPSA) is 20.3 Å². The molecule has 2 nitrogen and oxygen atoms in total. The summed E-state index contributed by atoms with van der Waals surface area (Å²) in [6.07, 6.45) is 3.71. The van der Waals surface area contributed by atoms with Gasteiger partial charge in [-0.1, -0.05) is 30.3 Å². The van der Waals surface area contributed by atoms with Crippen LogP contribution >= 0.6 is 0 Å². The molecule has 0 fully saturated rings. The van der Waals surface area contributed by atoms with Gasteiger partial charge in [-0.05, 0) is 53.8 Å². The number of amides is 1. The number of hydrogen-bond acceptors (Lipinski definition) is 1. The maximum atomic E-state index is 13.1. The van der Waals surface area contributed by atoms with Crippen molar-refractivity contribution in [2.45, 2.75) is 19.3 Å². The zero-order chi connectivity index (χ0) is 16.9. The third kappa shape index (κ3) is 4.07. The largest absolute Gasteiger partial charge is 0.339 e. The van der Waals surface area contributed by atoms with Gasteiger partial charge in [0.15, 0.2) is 0 Å². The van der Waals surface area contributed by atoms with Gasteiger partial charge in [-0.2, -0.15) is 0 Å². The minimum Gasteiger partial charge on any atom is -0.339 e. The van der Waals surface area contributed by atoms with Crippen LogP contribution < -0.4 is 0 Å². The highest BCUT2D eigenvalue weighted by atomic mass is 19.1. The molecular formula is C20H19F2NO. The van der Waals surface area contributed by atoms with Crippen LogP contribution in [-0.2, 0) is 11.2 Å². The number of rotatable bonds is 4. The van der Waals surface area contributed by atoms with Gasteiger partial charge in [-0.3, -0.25) is 4.79 Å². The third-order valence-corrected chi connectivity index (χ3v) is 4.29. The summed E-state index contributed by atoms with van der Waals surface area (Å²) in [5, 5.41) is 0. The van der Waals surface area contributed by atoms with Crippen LogP contribution in [0.3, 0.4) is 0 Å². The average molecular weight is 327 g/mol.